The Morgan fingerprint density at radius 2 is 2.16 bits per heavy atom. The van der Waals surface area contributed by atoms with E-state index in [0.29, 0.717) is 0 Å². The summed E-state index contributed by atoms with van der Waals surface area (Å²) in [4.78, 5) is 14.2. The predicted molar refractivity (Wildman–Crippen MR) is 77.2 cm³/mol. The van der Waals surface area contributed by atoms with Gasteiger partial charge in [-0.2, -0.15) is 0 Å². The smallest absolute Gasteiger partial charge is 0.253 e. The molecule has 0 radical (unpaired) electrons. The van der Waals surface area contributed by atoms with Crippen molar-refractivity contribution in [3.63, 3.8) is 0 Å². The van der Waals surface area contributed by atoms with E-state index in [2.05, 4.69) is 12.1 Å². The van der Waals surface area contributed by atoms with Gasteiger partial charge in [0.2, 0.25) is 0 Å². The highest BCUT2D eigenvalue weighted by Gasteiger charge is 2.33. The standard InChI is InChI=1S/C14H20N2O2.ClH/c1-18-13(10-15)14(17)16-9-5-8-12(16)11-6-3-2-4-7-11;/h2-4,6-7,12-13H,5,8-10,15H2,1H3;1H. The maximum atomic E-state index is 12.3. The van der Waals surface area contributed by atoms with E-state index in [9.17, 15) is 4.79 Å². The summed E-state index contributed by atoms with van der Waals surface area (Å²) >= 11 is 0. The van der Waals surface area contributed by atoms with Gasteiger partial charge in [-0.25, -0.2) is 0 Å². The van der Waals surface area contributed by atoms with Crippen LogP contribution in [0.15, 0.2) is 30.3 Å². The number of carbonyl (C=O) groups is 1. The number of rotatable bonds is 4. The van der Waals surface area contributed by atoms with Gasteiger partial charge in [0.1, 0.15) is 6.10 Å². The topological polar surface area (TPSA) is 55.6 Å². The molecule has 2 N–H and O–H groups in total. The van der Waals surface area contributed by atoms with Gasteiger partial charge in [0, 0.05) is 20.2 Å². The number of hydrogen-bond acceptors (Lipinski definition) is 3. The van der Waals surface area contributed by atoms with E-state index in [0.717, 1.165) is 19.4 Å². The summed E-state index contributed by atoms with van der Waals surface area (Å²) in [6.45, 7) is 1.02. The van der Waals surface area contributed by atoms with E-state index < -0.39 is 6.10 Å². The van der Waals surface area contributed by atoms with Gasteiger partial charge in [-0.15, -0.1) is 12.4 Å². The van der Waals surface area contributed by atoms with Crippen LogP contribution in [0.5, 0.6) is 0 Å². The zero-order chi connectivity index (χ0) is 13.0. The number of nitrogens with two attached hydrogens (primary N) is 1. The second kappa shape index (κ2) is 7.48. The average Bonchev–Trinajstić information content (AvgIpc) is 2.90. The van der Waals surface area contributed by atoms with Crippen molar-refractivity contribution in [2.75, 3.05) is 20.2 Å². The summed E-state index contributed by atoms with van der Waals surface area (Å²) in [6, 6.07) is 10.3. The number of benzene rings is 1. The highest BCUT2D eigenvalue weighted by molar-refractivity contribution is 5.85. The zero-order valence-corrected chi connectivity index (χ0v) is 11.9. The molecule has 0 spiro atoms. The van der Waals surface area contributed by atoms with Gasteiger partial charge in [-0.05, 0) is 18.4 Å². The molecule has 4 nitrogen and oxygen atoms in total. The zero-order valence-electron chi connectivity index (χ0n) is 11.1. The number of nitrogens with zero attached hydrogens (tertiary/aromatic N) is 1. The van der Waals surface area contributed by atoms with Crippen LogP contribution < -0.4 is 5.73 Å². The van der Waals surface area contributed by atoms with Gasteiger partial charge < -0.3 is 15.4 Å². The molecule has 0 bridgehead atoms. The second-order valence-corrected chi connectivity index (χ2v) is 4.56. The second-order valence-electron chi connectivity index (χ2n) is 4.56. The lowest BCUT2D eigenvalue weighted by Crippen LogP contribution is -2.43. The van der Waals surface area contributed by atoms with Crippen molar-refractivity contribution in [3.8, 4) is 0 Å². The SMILES string of the molecule is COC(CN)C(=O)N1CCCC1c1ccccc1.Cl. The molecule has 0 aromatic heterocycles. The van der Waals surface area contributed by atoms with Crippen molar-refractivity contribution in [1.82, 2.24) is 4.90 Å². The van der Waals surface area contributed by atoms with Gasteiger partial charge in [-0.1, -0.05) is 30.3 Å². The fourth-order valence-corrected chi connectivity index (χ4v) is 2.54. The third-order valence-electron chi connectivity index (χ3n) is 3.49. The number of methoxy groups -OCH3 is 1. The Bertz CT molecular complexity index is 396. The summed E-state index contributed by atoms with van der Waals surface area (Å²) < 4.78 is 5.14. The van der Waals surface area contributed by atoms with Gasteiger partial charge >= 0.3 is 0 Å². The molecule has 1 amide bonds. The molecule has 0 aliphatic carbocycles. The molecule has 5 heteroatoms. The van der Waals surface area contributed by atoms with Crippen molar-refractivity contribution in [3.05, 3.63) is 35.9 Å². The van der Waals surface area contributed by atoms with E-state index in [1.165, 1.54) is 12.7 Å². The van der Waals surface area contributed by atoms with Crippen molar-refractivity contribution in [2.24, 2.45) is 5.73 Å². The minimum absolute atomic E-state index is 0. The summed E-state index contributed by atoms with van der Waals surface area (Å²) in [5, 5.41) is 0. The lowest BCUT2D eigenvalue weighted by atomic mass is 10.0. The molecule has 1 saturated heterocycles. The van der Waals surface area contributed by atoms with E-state index in [1.54, 1.807) is 0 Å². The molecule has 2 rings (SSSR count). The molecule has 19 heavy (non-hydrogen) atoms. The number of likely N-dealkylation sites (tertiary alicyclic amines) is 1. The minimum Gasteiger partial charge on any atom is -0.370 e. The Morgan fingerprint density at radius 3 is 2.74 bits per heavy atom. The van der Waals surface area contributed by atoms with Crippen LogP contribution in [0.2, 0.25) is 0 Å². The van der Waals surface area contributed by atoms with Crippen LogP contribution in [-0.2, 0) is 9.53 Å². The molecule has 2 atom stereocenters. The fraction of sp³-hybridized carbons (Fsp3) is 0.500. The molecule has 1 fully saturated rings. The Morgan fingerprint density at radius 1 is 1.47 bits per heavy atom. The van der Waals surface area contributed by atoms with Crippen molar-refractivity contribution < 1.29 is 9.53 Å². The minimum atomic E-state index is -0.519. The van der Waals surface area contributed by atoms with E-state index >= 15 is 0 Å². The Hall–Kier alpha value is -1.10. The van der Waals surface area contributed by atoms with Crippen LogP contribution >= 0.6 is 12.4 Å². The average molecular weight is 285 g/mol. The Kier molecular flexibility index (Phi) is 6.28. The van der Waals surface area contributed by atoms with E-state index in [4.69, 9.17) is 10.5 Å². The first-order chi connectivity index (χ1) is 8.77. The molecule has 106 valence electrons. The number of hydrogen-bond donors (Lipinski definition) is 1. The van der Waals surface area contributed by atoms with E-state index in [-0.39, 0.29) is 30.9 Å². The van der Waals surface area contributed by atoms with E-state index in [1.807, 2.05) is 23.1 Å². The van der Waals surface area contributed by atoms with Crippen molar-refractivity contribution in [2.45, 2.75) is 25.0 Å². The lowest BCUT2D eigenvalue weighted by Gasteiger charge is -2.28. The Labute approximate surface area is 120 Å². The number of halogens is 1. The summed E-state index contributed by atoms with van der Waals surface area (Å²) in [5.41, 5.74) is 6.75. The number of carbonyl (C=O) groups excluding carboxylic acids is 1. The van der Waals surface area contributed by atoms with Crippen LogP contribution in [-0.4, -0.2) is 37.1 Å². The maximum absolute atomic E-state index is 12.3. The monoisotopic (exact) mass is 284 g/mol. The van der Waals surface area contributed by atoms with Crippen LogP contribution in [0.25, 0.3) is 0 Å². The van der Waals surface area contributed by atoms with Crippen molar-refractivity contribution in [1.29, 1.82) is 0 Å². The molecule has 1 heterocycles. The highest BCUT2D eigenvalue weighted by Crippen LogP contribution is 2.32. The molecule has 1 aromatic rings. The molecule has 1 aliphatic rings. The molecular weight excluding hydrogens is 264 g/mol. The predicted octanol–water partition coefficient (Wildman–Crippen LogP) is 1.75. The summed E-state index contributed by atoms with van der Waals surface area (Å²) in [7, 11) is 1.53. The first kappa shape index (κ1) is 16.0. The van der Waals surface area contributed by atoms with Crippen LogP contribution in [0.4, 0.5) is 0 Å². The lowest BCUT2D eigenvalue weighted by molar-refractivity contribution is -0.142. The molecule has 1 aliphatic heterocycles. The summed E-state index contributed by atoms with van der Waals surface area (Å²) in [5.74, 6) is 0.00588. The van der Waals surface area contributed by atoms with Crippen LogP contribution in [0, 0.1) is 0 Å². The third kappa shape index (κ3) is 3.47. The third-order valence-corrected chi connectivity index (χ3v) is 3.49. The molecule has 0 saturated carbocycles. The number of amides is 1. The van der Waals surface area contributed by atoms with Gasteiger partial charge in [0.25, 0.3) is 5.91 Å². The molecular formula is C14H21ClN2O2. The van der Waals surface area contributed by atoms with Gasteiger partial charge in [-0.3, -0.25) is 4.79 Å². The molecule has 1 aromatic carbocycles. The first-order valence-electron chi connectivity index (χ1n) is 6.36. The van der Waals surface area contributed by atoms with Crippen LogP contribution in [0.1, 0.15) is 24.4 Å². The van der Waals surface area contributed by atoms with Gasteiger partial charge in [0.15, 0.2) is 0 Å². The highest BCUT2D eigenvalue weighted by atomic mass is 35.5. The Balaban J connectivity index is 0.00000180. The van der Waals surface area contributed by atoms with Crippen molar-refractivity contribution >= 4 is 18.3 Å². The van der Waals surface area contributed by atoms with Gasteiger partial charge in [0.05, 0.1) is 6.04 Å². The quantitative estimate of drug-likeness (QED) is 0.916. The maximum Gasteiger partial charge on any atom is 0.253 e. The largest absolute Gasteiger partial charge is 0.370 e. The van der Waals surface area contributed by atoms with Crippen LogP contribution in [0.3, 0.4) is 0 Å². The number of ether oxygens (including phenoxy) is 1. The fourth-order valence-electron chi connectivity index (χ4n) is 2.54. The first-order valence-corrected chi connectivity index (χ1v) is 6.36. The summed E-state index contributed by atoms with van der Waals surface area (Å²) in [6.07, 6.45) is 1.53. The normalized spacial score (nSPS) is 19.9. The molecule has 2 unspecified atom stereocenters.